The molecule has 12 nitrogen and oxygen atoms in total. The maximum Gasteiger partial charge on any atom is 0.408 e. The fourth-order valence-corrected chi connectivity index (χ4v) is 6.14. The Morgan fingerprint density at radius 2 is 1.91 bits per heavy atom. The van der Waals surface area contributed by atoms with Crippen molar-refractivity contribution in [1.29, 1.82) is 0 Å². The third kappa shape index (κ3) is 7.10. The van der Waals surface area contributed by atoms with Crippen LogP contribution >= 0.6 is 0 Å². The number of rotatable bonds is 10. The highest BCUT2D eigenvalue weighted by Gasteiger charge is 2.61. The lowest BCUT2D eigenvalue weighted by atomic mass is 9.85. The molecular weight excluding hydrogens is 578 g/mol. The van der Waals surface area contributed by atoms with Crippen LogP contribution in [-0.2, 0) is 24.0 Å². The lowest BCUT2D eigenvalue weighted by Crippen LogP contribution is -2.59. The minimum absolute atomic E-state index is 0.00111. The number of nitrogens with zero attached hydrogens (tertiary/aromatic N) is 3. The van der Waals surface area contributed by atoms with E-state index in [0.29, 0.717) is 5.56 Å². The Morgan fingerprint density at radius 3 is 2.58 bits per heavy atom. The summed E-state index contributed by atoms with van der Waals surface area (Å²) in [5.74, 6) is -2.71. The molecular formula is C33H41N5O7. The fourth-order valence-electron chi connectivity index (χ4n) is 6.14. The number of carboxylic acids is 1. The van der Waals surface area contributed by atoms with E-state index < -0.39 is 58.9 Å². The Morgan fingerprint density at radius 1 is 1.18 bits per heavy atom. The van der Waals surface area contributed by atoms with E-state index in [0.717, 1.165) is 36.6 Å². The van der Waals surface area contributed by atoms with Gasteiger partial charge in [0, 0.05) is 29.5 Å². The first-order chi connectivity index (χ1) is 21.4. The number of pyridine rings is 1. The largest absolute Gasteiger partial charge is 0.479 e. The lowest BCUT2D eigenvalue weighted by molar-refractivity contribution is -0.146. The van der Waals surface area contributed by atoms with E-state index in [4.69, 9.17) is 9.57 Å². The van der Waals surface area contributed by atoms with Crippen LogP contribution in [-0.4, -0.2) is 81.5 Å². The SMILES string of the molecule is C=C[C@@H]1C[C@@]1(NC(=O)[C@@H]1C[C@@H](O/N=C/c2cnc3ccccc3c2)CN1C(=O)[C@@H](NC(=O)OC1CCCC1)C(C)(C)C)C(=O)O. The van der Waals surface area contributed by atoms with Crippen LogP contribution in [0, 0.1) is 11.3 Å². The Bertz CT molecular complexity index is 1500. The van der Waals surface area contributed by atoms with E-state index in [9.17, 15) is 24.3 Å². The van der Waals surface area contributed by atoms with Gasteiger partial charge in [-0.15, -0.1) is 6.58 Å². The van der Waals surface area contributed by atoms with Crippen molar-refractivity contribution in [3.05, 3.63) is 54.7 Å². The van der Waals surface area contributed by atoms with Crippen molar-refractivity contribution < 1.29 is 33.9 Å². The molecule has 1 aromatic carbocycles. The van der Waals surface area contributed by atoms with Crippen molar-refractivity contribution in [2.45, 2.75) is 89.1 Å². The van der Waals surface area contributed by atoms with Gasteiger partial charge in [-0.1, -0.05) is 50.2 Å². The van der Waals surface area contributed by atoms with Gasteiger partial charge in [-0.3, -0.25) is 14.6 Å². The smallest absolute Gasteiger partial charge is 0.408 e. The van der Waals surface area contributed by atoms with Crippen LogP contribution in [0.4, 0.5) is 4.79 Å². The molecule has 5 rings (SSSR count). The maximum absolute atomic E-state index is 14.1. The van der Waals surface area contributed by atoms with Gasteiger partial charge in [0.05, 0.1) is 18.3 Å². The van der Waals surface area contributed by atoms with Crippen molar-refractivity contribution in [3.8, 4) is 0 Å². The topological polar surface area (TPSA) is 160 Å². The molecule has 3 N–H and O–H groups in total. The van der Waals surface area contributed by atoms with Gasteiger partial charge >= 0.3 is 12.1 Å². The highest BCUT2D eigenvalue weighted by atomic mass is 16.6. The highest BCUT2D eigenvalue weighted by Crippen LogP contribution is 2.45. The monoisotopic (exact) mass is 619 g/mol. The first kappa shape index (κ1) is 31.9. The van der Waals surface area contributed by atoms with Crippen LogP contribution in [0.15, 0.2) is 54.3 Å². The van der Waals surface area contributed by atoms with Gasteiger partial charge in [0.15, 0.2) is 0 Å². The molecule has 2 saturated carbocycles. The zero-order valence-corrected chi connectivity index (χ0v) is 25.9. The number of alkyl carbamates (subject to hydrolysis) is 1. The van der Waals surface area contributed by atoms with Crippen LogP contribution in [0.25, 0.3) is 10.9 Å². The summed E-state index contributed by atoms with van der Waals surface area (Å²) in [7, 11) is 0. The number of hydrogen-bond acceptors (Lipinski definition) is 8. The number of nitrogens with one attached hydrogen (secondary N) is 2. The summed E-state index contributed by atoms with van der Waals surface area (Å²) in [6.45, 7) is 9.11. The van der Waals surface area contributed by atoms with Gasteiger partial charge in [-0.2, -0.15) is 0 Å². The van der Waals surface area contributed by atoms with Crippen molar-refractivity contribution in [2.24, 2.45) is 16.5 Å². The van der Waals surface area contributed by atoms with E-state index in [-0.39, 0.29) is 25.5 Å². The number of fused-ring (bicyclic) bond motifs is 1. The number of amides is 3. The quantitative estimate of drug-likeness (QED) is 0.206. The molecule has 3 fully saturated rings. The van der Waals surface area contributed by atoms with Crippen LogP contribution in [0.3, 0.4) is 0 Å². The molecule has 5 atom stereocenters. The third-order valence-corrected chi connectivity index (χ3v) is 8.85. The summed E-state index contributed by atoms with van der Waals surface area (Å²) >= 11 is 0. The number of carbonyl (C=O) groups excluding carboxylic acids is 3. The predicted molar refractivity (Wildman–Crippen MR) is 166 cm³/mol. The minimum Gasteiger partial charge on any atom is -0.479 e. The number of likely N-dealkylation sites (tertiary alicyclic amines) is 1. The van der Waals surface area contributed by atoms with Gasteiger partial charge in [0.1, 0.15) is 29.8 Å². The van der Waals surface area contributed by atoms with Gasteiger partial charge in [-0.25, -0.2) is 9.59 Å². The van der Waals surface area contributed by atoms with Gasteiger partial charge in [-0.05, 0) is 49.7 Å². The Balaban J connectivity index is 1.34. The second-order valence-electron chi connectivity index (χ2n) is 13.2. The van der Waals surface area contributed by atoms with E-state index in [1.807, 2.05) is 51.1 Å². The summed E-state index contributed by atoms with van der Waals surface area (Å²) in [5.41, 5.74) is -0.656. The number of hydrogen-bond donors (Lipinski definition) is 3. The number of carboxylic acid groups (broad SMARTS) is 1. The lowest BCUT2D eigenvalue weighted by Gasteiger charge is -2.35. The molecule has 240 valence electrons. The maximum atomic E-state index is 14.1. The average molecular weight is 620 g/mol. The number of aliphatic carboxylic acids is 1. The molecule has 2 aromatic rings. The van der Waals surface area contributed by atoms with Crippen molar-refractivity contribution >= 4 is 41.0 Å². The number of ether oxygens (including phenoxy) is 1. The average Bonchev–Trinajstić information content (AvgIpc) is 3.28. The standard InChI is InChI=1S/C33H41N5O7/c1-5-22-16-33(22,30(41)42)37-28(39)26-15-24(45-35-18-20-14-21-10-6-9-13-25(21)34-17-20)19-38(26)29(40)27(32(2,3)4)36-31(43)44-23-11-7-8-12-23/h5-6,9-10,13-14,17-18,22-24,26-27H,1,7-8,11-12,15-16,19H2,2-4H3,(H,36,43)(H,37,39)(H,41,42)/b35-18+/t22-,24-,26+,27-,33+/m1/s1. The second kappa shape index (κ2) is 12.9. The number of carbonyl (C=O) groups is 4. The Labute approximate surface area is 262 Å². The zero-order chi connectivity index (χ0) is 32.4. The molecule has 0 unspecified atom stereocenters. The van der Waals surface area contributed by atoms with E-state index in [2.05, 4.69) is 27.4 Å². The fraction of sp³-hybridized carbons (Fsp3) is 0.515. The zero-order valence-electron chi connectivity index (χ0n) is 25.9. The molecule has 3 aliphatic rings. The molecule has 0 spiro atoms. The van der Waals surface area contributed by atoms with Gasteiger partial charge in [0.2, 0.25) is 11.8 Å². The molecule has 0 bridgehead atoms. The molecule has 0 radical (unpaired) electrons. The number of benzene rings is 1. The summed E-state index contributed by atoms with van der Waals surface area (Å²) in [4.78, 5) is 64.2. The molecule has 2 heterocycles. The molecule has 45 heavy (non-hydrogen) atoms. The minimum atomic E-state index is -1.47. The van der Waals surface area contributed by atoms with Crippen LogP contribution in [0.5, 0.6) is 0 Å². The highest BCUT2D eigenvalue weighted by molar-refractivity contribution is 5.96. The molecule has 12 heteroatoms. The predicted octanol–water partition coefficient (Wildman–Crippen LogP) is 3.78. The molecule has 1 aromatic heterocycles. The van der Waals surface area contributed by atoms with Crippen molar-refractivity contribution in [2.75, 3.05) is 6.54 Å². The molecule has 2 aliphatic carbocycles. The Hall–Kier alpha value is -4.48. The number of oxime groups is 1. The number of para-hydroxylation sites is 1. The van der Waals surface area contributed by atoms with E-state index >= 15 is 0 Å². The number of aromatic nitrogens is 1. The molecule has 1 aliphatic heterocycles. The first-order valence-corrected chi connectivity index (χ1v) is 15.4. The van der Waals surface area contributed by atoms with Gasteiger partial charge < -0.3 is 30.2 Å². The van der Waals surface area contributed by atoms with Crippen LogP contribution in [0.1, 0.15) is 64.9 Å². The molecule has 1 saturated heterocycles. The van der Waals surface area contributed by atoms with E-state index in [1.165, 1.54) is 17.2 Å². The summed E-state index contributed by atoms with van der Waals surface area (Å²) in [5, 5.41) is 20.3. The van der Waals surface area contributed by atoms with Crippen LogP contribution < -0.4 is 10.6 Å². The van der Waals surface area contributed by atoms with Crippen LogP contribution in [0.2, 0.25) is 0 Å². The third-order valence-electron chi connectivity index (χ3n) is 8.85. The van der Waals surface area contributed by atoms with Gasteiger partial charge in [0.25, 0.3) is 0 Å². The molecule has 3 amide bonds. The summed E-state index contributed by atoms with van der Waals surface area (Å²) in [6.07, 6.45) is 6.93. The normalized spacial score (nSPS) is 25.6. The second-order valence-corrected chi connectivity index (χ2v) is 13.2. The van der Waals surface area contributed by atoms with E-state index in [1.54, 1.807) is 6.20 Å². The first-order valence-electron chi connectivity index (χ1n) is 15.4. The Kier molecular flexibility index (Phi) is 9.13. The summed E-state index contributed by atoms with van der Waals surface area (Å²) < 4.78 is 5.57. The summed E-state index contributed by atoms with van der Waals surface area (Å²) in [6, 6.07) is 7.50. The van der Waals surface area contributed by atoms with Crippen molar-refractivity contribution in [1.82, 2.24) is 20.5 Å². The van der Waals surface area contributed by atoms with Crippen molar-refractivity contribution in [3.63, 3.8) is 0 Å².